The molecular weight excluding hydrogens is 358 g/mol. The van der Waals surface area contributed by atoms with E-state index >= 15 is 0 Å². The topological polar surface area (TPSA) is 120 Å². The van der Waals surface area contributed by atoms with Crippen molar-refractivity contribution < 1.29 is 9.59 Å². The molecule has 8 nitrogen and oxygen atoms in total. The van der Waals surface area contributed by atoms with Gasteiger partial charge in [0.05, 0.1) is 5.52 Å². The molecule has 2 aromatic heterocycles. The van der Waals surface area contributed by atoms with Crippen molar-refractivity contribution in [1.82, 2.24) is 20.3 Å². The first-order chi connectivity index (χ1) is 13.5. The maximum Gasteiger partial charge on any atom is 0.325 e. The third-order valence-corrected chi connectivity index (χ3v) is 5.09. The number of anilines is 1. The smallest absolute Gasteiger partial charge is 0.325 e. The fourth-order valence-electron chi connectivity index (χ4n) is 3.28. The number of fused-ring (bicyclic) bond motifs is 1. The molecule has 1 saturated carbocycles. The van der Waals surface area contributed by atoms with Crippen LogP contribution in [0, 0.1) is 0 Å². The zero-order chi connectivity index (χ0) is 19.6. The van der Waals surface area contributed by atoms with Crippen LogP contribution in [0.1, 0.15) is 31.2 Å². The predicted molar refractivity (Wildman–Crippen MR) is 105 cm³/mol. The van der Waals surface area contributed by atoms with Crippen LogP contribution in [0.4, 0.5) is 5.82 Å². The van der Waals surface area contributed by atoms with E-state index in [9.17, 15) is 14.4 Å². The SMILES string of the molecule is O=C(CCC(=O)Nc1ccc2[nH]c(=O)[nH]c2n1)NCC1(c2ccccc2)CC1. The number of aromatic nitrogens is 3. The molecule has 1 aliphatic carbocycles. The van der Waals surface area contributed by atoms with Gasteiger partial charge in [-0.25, -0.2) is 9.78 Å². The molecule has 0 bridgehead atoms. The van der Waals surface area contributed by atoms with Gasteiger partial charge in [-0.15, -0.1) is 0 Å². The van der Waals surface area contributed by atoms with Gasteiger partial charge in [0.2, 0.25) is 11.8 Å². The van der Waals surface area contributed by atoms with Gasteiger partial charge in [0.25, 0.3) is 0 Å². The zero-order valence-electron chi connectivity index (χ0n) is 15.2. The number of pyridine rings is 1. The van der Waals surface area contributed by atoms with E-state index in [0.29, 0.717) is 23.5 Å². The third kappa shape index (κ3) is 3.95. The molecule has 1 aromatic carbocycles. The highest BCUT2D eigenvalue weighted by Crippen LogP contribution is 2.47. The monoisotopic (exact) mass is 379 g/mol. The number of carbonyl (C=O) groups is 2. The number of carbonyl (C=O) groups excluding carboxylic acids is 2. The largest absolute Gasteiger partial charge is 0.355 e. The minimum atomic E-state index is -0.355. The van der Waals surface area contributed by atoms with E-state index < -0.39 is 0 Å². The summed E-state index contributed by atoms with van der Waals surface area (Å²) in [4.78, 5) is 44.7. The first-order valence-electron chi connectivity index (χ1n) is 9.25. The van der Waals surface area contributed by atoms with Crippen molar-refractivity contribution in [2.75, 3.05) is 11.9 Å². The van der Waals surface area contributed by atoms with E-state index in [1.165, 1.54) is 5.56 Å². The molecule has 144 valence electrons. The van der Waals surface area contributed by atoms with Crippen molar-refractivity contribution in [2.24, 2.45) is 0 Å². The number of benzene rings is 1. The van der Waals surface area contributed by atoms with Crippen LogP contribution < -0.4 is 16.3 Å². The van der Waals surface area contributed by atoms with Crippen molar-refractivity contribution in [3.8, 4) is 0 Å². The van der Waals surface area contributed by atoms with E-state index in [2.05, 4.69) is 37.7 Å². The number of hydrogen-bond donors (Lipinski definition) is 4. The lowest BCUT2D eigenvalue weighted by Gasteiger charge is -2.16. The Morgan fingerprint density at radius 1 is 1.00 bits per heavy atom. The van der Waals surface area contributed by atoms with Crippen molar-refractivity contribution in [2.45, 2.75) is 31.1 Å². The minimum Gasteiger partial charge on any atom is -0.355 e. The third-order valence-electron chi connectivity index (χ3n) is 5.09. The molecule has 3 aromatic rings. The molecule has 0 saturated heterocycles. The van der Waals surface area contributed by atoms with E-state index in [1.54, 1.807) is 12.1 Å². The number of H-pyrrole nitrogens is 2. The Labute approximate surface area is 160 Å². The summed E-state index contributed by atoms with van der Waals surface area (Å²) in [6.45, 7) is 0.594. The predicted octanol–water partition coefficient (Wildman–Crippen LogP) is 1.82. The molecule has 28 heavy (non-hydrogen) atoms. The molecule has 0 unspecified atom stereocenters. The van der Waals surface area contributed by atoms with Gasteiger partial charge in [0.15, 0.2) is 5.65 Å². The first-order valence-corrected chi connectivity index (χ1v) is 9.25. The summed E-state index contributed by atoms with van der Waals surface area (Å²) in [6.07, 6.45) is 2.30. The second kappa shape index (κ2) is 7.30. The number of nitrogens with zero attached hydrogens (tertiary/aromatic N) is 1. The molecule has 8 heteroatoms. The Bertz CT molecular complexity index is 1070. The fourth-order valence-corrected chi connectivity index (χ4v) is 3.28. The quantitative estimate of drug-likeness (QED) is 0.500. The Hall–Kier alpha value is -3.42. The normalized spacial score (nSPS) is 14.6. The van der Waals surface area contributed by atoms with Crippen LogP contribution in [0.2, 0.25) is 0 Å². The van der Waals surface area contributed by atoms with Gasteiger partial charge in [-0.1, -0.05) is 30.3 Å². The number of aromatic amines is 2. The highest BCUT2D eigenvalue weighted by atomic mass is 16.2. The van der Waals surface area contributed by atoms with Crippen LogP contribution in [0.15, 0.2) is 47.3 Å². The van der Waals surface area contributed by atoms with Crippen LogP contribution >= 0.6 is 0 Å². The van der Waals surface area contributed by atoms with Gasteiger partial charge in [-0.2, -0.15) is 0 Å². The molecule has 0 aliphatic heterocycles. The second-order valence-electron chi connectivity index (χ2n) is 7.14. The summed E-state index contributed by atoms with van der Waals surface area (Å²) in [6, 6.07) is 13.4. The van der Waals surface area contributed by atoms with E-state index in [0.717, 1.165) is 12.8 Å². The first kappa shape index (κ1) is 18.0. The average Bonchev–Trinajstić information content (AvgIpc) is 3.40. The lowest BCUT2D eigenvalue weighted by Crippen LogP contribution is -2.32. The van der Waals surface area contributed by atoms with Crippen LogP contribution in [-0.2, 0) is 15.0 Å². The Morgan fingerprint density at radius 3 is 2.50 bits per heavy atom. The molecule has 4 N–H and O–H groups in total. The van der Waals surface area contributed by atoms with Gasteiger partial charge in [-0.05, 0) is 30.5 Å². The van der Waals surface area contributed by atoms with Gasteiger partial charge in [0, 0.05) is 24.8 Å². The number of rotatable bonds is 7. The van der Waals surface area contributed by atoms with E-state index in [4.69, 9.17) is 0 Å². The Kier molecular flexibility index (Phi) is 4.68. The van der Waals surface area contributed by atoms with Crippen molar-refractivity contribution in [3.05, 3.63) is 58.5 Å². The van der Waals surface area contributed by atoms with E-state index in [1.807, 2.05) is 18.2 Å². The lowest BCUT2D eigenvalue weighted by molar-refractivity contribution is -0.124. The summed E-state index contributed by atoms with van der Waals surface area (Å²) in [5, 5.41) is 5.59. The summed E-state index contributed by atoms with van der Waals surface area (Å²) in [5.74, 6) is -0.117. The fraction of sp³-hybridized carbons (Fsp3) is 0.300. The zero-order valence-corrected chi connectivity index (χ0v) is 15.2. The Morgan fingerprint density at radius 2 is 1.75 bits per heavy atom. The van der Waals surface area contributed by atoms with Crippen LogP contribution in [0.25, 0.3) is 11.2 Å². The lowest BCUT2D eigenvalue weighted by atomic mass is 9.96. The number of imidazole rings is 1. The van der Waals surface area contributed by atoms with Crippen LogP contribution in [0.3, 0.4) is 0 Å². The maximum absolute atomic E-state index is 12.1. The summed E-state index contributed by atoms with van der Waals surface area (Å²) >= 11 is 0. The molecule has 4 rings (SSSR count). The van der Waals surface area contributed by atoms with E-state index in [-0.39, 0.29) is 35.8 Å². The molecule has 2 amide bonds. The molecular formula is C20H21N5O3. The van der Waals surface area contributed by atoms with Crippen molar-refractivity contribution >= 4 is 28.8 Å². The molecule has 0 spiro atoms. The summed E-state index contributed by atoms with van der Waals surface area (Å²) < 4.78 is 0. The van der Waals surface area contributed by atoms with Gasteiger partial charge >= 0.3 is 5.69 Å². The maximum atomic E-state index is 12.1. The minimum absolute atomic E-state index is 0.0476. The van der Waals surface area contributed by atoms with Gasteiger partial charge in [0.1, 0.15) is 5.82 Å². The van der Waals surface area contributed by atoms with Crippen molar-refractivity contribution in [3.63, 3.8) is 0 Å². The molecule has 1 fully saturated rings. The average molecular weight is 379 g/mol. The standard InChI is InChI=1S/C20H21N5O3/c26-16(21-12-20(10-11-20)13-4-2-1-3-5-13)8-9-17(27)23-15-7-6-14-18(24-15)25-19(28)22-14/h1-7H,8-12H2,(H,21,26)(H3,22,23,24,25,27,28). The summed E-state index contributed by atoms with van der Waals surface area (Å²) in [5.41, 5.74) is 1.88. The molecule has 1 aliphatic rings. The van der Waals surface area contributed by atoms with Crippen LogP contribution in [-0.4, -0.2) is 33.3 Å². The van der Waals surface area contributed by atoms with Crippen molar-refractivity contribution in [1.29, 1.82) is 0 Å². The highest BCUT2D eigenvalue weighted by molar-refractivity contribution is 5.93. The van der Waals surface area contributed by atoms with Gasteiger partial charge in [-0.3, -0.25) is 14.6 Å². The Balaban J connectivity index is 1.25. The number of nitrogens with one attached hydrogen (secondary N) is 4. The molecule has 2 heterocycles. The second-order valence-corrected chi connectivity index (χ2v) is 7.14. The number of hydrogen-bond acceptors (Lipinski definition) is 4. The highest BCUT2D eigenvalue weighted by Gasteiger charge is 2.44. The van der Waals surface area contributed by atoms with Gasteiger partial charge < -0.3 is 15.6 Å². The number of amides is 2. The summed E-state index contributed by atoms with van der Waals surface area (Å²) in [7, 11) is 0. The van der Waals surface area contributed by atoms with Crippen LogP contribution in [0.5, 0.6) is 0 Å². The molecule has 0 radical (unpaired) electrons. The molecule has 0 atom stereocenters.